The Morgan fingerprint density at radius 3 is 3.00 bits per heavy atom. The lowest BCUT2D eigenvalue weighted by molar-refractivity contribution is 0.0453. The molecule has 1 N–H and O–H groups in total. The van der Waals surface area contributed by atoms with Crippen molar-refractivity contribution in [3.8, 4) is 11.5 Å². The normalized spacial score (nSPS) is 24.1. The maximum absolute atomic E-state index is 8.76. The summed E-state index contributed by atoms with van der Waals surface area (Å²) in [6.45, 7) is 7.10. The zero-order valence-corrected chi connectivity index (χ0v) is 13.9. The molecule has 0 bridgehead atoms. The smallest absolute Gasteiger partial charge is 0.231 e. The van der Waals surface area contributed by atoms with Gasteiger partial charge in [-0.1, -0.05) is 13.0 Å². The van der Waals surface area contributed by atoms with E-state index in [0.717, 1.165) is 37.6 Å². The zero-order valence-electron chi connectivity index (χ0n) is 13.9. The van der Waals surface area contributed by atoms with Gasteiger partial charge in [-0.05, 0) is 48.9 Å². The van der Waals surface area contributed by atoms with E-state index < -0.39 is 0 Å². The molecule has 2 aliphatic heterocycles. The van der Waals surface area contributed by atoms with E-state index in [1.807, 2.05) is 6.07 Å². The van der Waals surface area contributed by atoms with Crippen molar-refractivity contribution in [2.24, 2.45) is 5.41 Å². The number of rotatable bonds is 7. The predicted molar refractivity (Wildman–Crippen MR) is 88.0 cm³/mol. The summed E-state index contributed by atoms with van der Waals surface area (Å²) in [6, 6.07) is 6.29. The highest BCUT2D eigenvalue weighted by Gasteiger charge is 2.31. The van der Waals surface area contributed by atoms with E-state index in [1.165, 1.54) is 18.4 Å². The number of aliphatic hydroxyl groups is 1. The molecule has 1 atom stereocenters. The minimum absolute atomic E-state index is 0.0990. The first-order valence-corrected chi connectivity index (χ1v) is 8.48. The number of hydrogen-bond acceptors (Lipinski definition) is 5. The summed E-state index contributed by atoms with van der Waals surface area (Å²) < 4.78 is 16.3. The first-order valence-electron chi connectivity index (χ1n) is 8.48. The quantitative estimate of drug-likeness (QED) is 0.779. The van der Waals surface area contributed by atoms with Gasteiger partial charge in [0.25, 0.3) is 0 Å². The molecule has 5 nitrogen and oxygen atoms in total. The third-order valence-corrected chi connectivity index (χ3v) is 4.72. The highest BCUT2D eigenvalue weighted by molar-refractivity contribution is 5.44. The minimum atomic E-state index is 0.0990. The number of likely N-dealkylation sites (tertiary alicyclic amines) is 1. The van der Waals surface area contributed by atoms with E-state index in [9.17, 15) is 0 Å². The van der Waals surface area contributed by atoms with E-state index in [-0.39, 0.29) is 12.0 Å². The van der Waals surface area contributed by atoms with Crippen LogP contribution in [0.3, 0.4) is 0 Å². The molecule has 0 saturated carbocycles. The minimum Gasteiger partial charge on any atom is -0.454 e. The van der Waals surface area contributed by atoms with Crippen molar-refractivity contribution < 1.29 is 19.3 Å². The van der Waals surface area contributed by atoms with Crippen molar-refractivity contribution in [2.45, 2.75) is 26.2 Å². The Bertz CT molecular complexity index is 522. The summed E-state index contributed by atoms with van der Waals surface area (Å²) in [4.78, 5) is 2.48. The molecule has 1 aromatic carbocycles. The molecule has 1 fully saturated rings. The van der Waals surface area contributed by atoms with Gasteiger partial charge in [0.15, 0.2) is 11.5 Å². The van der Waals surface area contributed by atoms with E-state index in [0.29, 0.717) is 20.0 Å². The molecule has 1 saturated heterocycles. The molecule has 0 spiro atoms. The topological polar surface area (TPSA) is 51.2 Å². The number of ether oxygens (including phenoxy) is 3. The van der Waals surface area contributed by atoms with Crippen LogP contribution in [0.25, 0.3) is 0 Å². The molecule has 0 radical (unpaired) electrons. The van der Waals surface area contributed by atoms with Crippen molar-refractivity contribution in [3.05, 3.63) is 23.8 Å². The van der Waals surface area contributed by atoms with Gasteiger partial charge < -0.3 is 24.2 Å². The molecule has 2 aliphatic rings. The van der Waals surface area contributed by atoms with Gasteiger partial charge in [0.05, 0.1) is 19.8 Å². The van der Waals surface area contributed by atoms with Crippen LogP contribution in [-0.2, 0) is 11.2 Å². The number of piperidine rings is 1. The molecule has 0 aromatic heterocycles. The molecule has 3 rings (SSSR count). The summed E-state index contributed by atoms with van der Waals surface area (Å²) in [6.07, 6.45) is 3.52. The highest BCUT2D eigenvalue weighted by atomic mass is 16.7. The van der Waals surface area contributed by atoms with Crippen LogP contribution in [0.15, 0.2) is 18.2 Å². The van der Waals surface area contributed by atoms with Crippen molar-refractivity contribution in [1.29, 1.82) is 0 Å². The molecule has 0 aliphatic carbocycles. The molecular weight excluding hydrogens is 294 g/mol. The zero-order chi connectivity index (χ0) is 16.1. The van der Waals surface area contributed by atoms with Gasteiger partial charge in [-0.3, -0.25) is 0 Å². The van der Waals surface area contributed by atoms with Crippen molar-refractivity contribution in [3.63, 3.8) is 0 Å². The first kappa shape index (κ1) is 16.6. The SMILES string of the molecule is CC1(Cc2ccc3c(c2)OCO3)CCCN(CCOCCO)C1. The van der Waals surface area contributed by atoms with E-state index in [2.05, 4.69) is 24.0 Å². The summed E-state index contributed by atoms with van der Waals surface area (Å²) in [5.41, 5.74) is 1.60. The van der Waals surface area contributed by atoms with Crippen LogP contribution >= 0.6 is 0 Å². The third-order valence-electron chi connectivity index (χ3n) is 4.72. The largest absolute Gasteiger partial charge is 0.454 e. The summed E-state index contributed by atoms with van der Waals surface area (Å²) in [5, 5.41) is 8.76. The molecule has 128 valence electrons. The summed E-state index contributed by atoms with van der Waals surface area (Å²) in [7, 11) is 0. The average Bonchev–Trinajstić information content (AvgIpc) is 2.99. The van der Waals surface area contributed by atoms with Crippen LogP contribution in [0.1, 0.15) is 25.3 Å². The summed E-state index contributed by atoms with van der Waals surface area (Å²) >= 11 is 0. The standard InChI is InChI=1S/C18H27NO4/c1-18(5-2-6-19(13-18)7-9-21-10-8-20)12-15-3-4-16-17(11-15)23-14-22-16/h3-4,11,20H,2,5-10,12-14H2,1H3. The first-order chi connectivity index (χ1) is 11.2. The van der Waals surface area contributed by atoms with E-state index in [1.54, 1.807) is 0 Å². The number of fused-ring (bicyclic) bond motifs is 1. The van der Waals surface area contributed by atoms with Crippen LogP contribution in [0, 0.1) is 5.41 Å². The summed E-state index contributed by atoms with van der Waals surface area (Å²) in [5.74, 6) is 1.72. The van der Waals surface area contributed by atoms with E-state index in [4.69, 9.17) is 19.3 Å². The van der Waals surface area contributed by atoms with Gasteiger partial charge in [0.2, 0.25) is 6.79 Å². The molecule has 5 heteroatoms. The molecule has 1 unspecified atom stereocenters. The molecule has 0 amide bonds. The average molecular weight is 321 g/mol. The van der Waals surface area contributed by atoms with Crippen molar-refractivity contribution >= 4 is 0 Å². The maximum atomic E-state index is 8.76. The second-order valence-corrected chi connectivity index (χ2v) is 6.89. The number of hydrogen-bond donors (Lipinski definition) is 1. The van der Waals surface area contributed by atoms with Crippen LogP contribution in [0.2, 0.25) is 0 Å². The van der Waals surface area contributed by atoms with Crippen LogP contribution in [0.4, 0.5) is 0 Å². The third kappa shape index (κ3) is 4.37. The van der Waals surface area contributed by atoms with Gasteiger partial charge in [-0.15, -0.1) is 0 Å². The number of nitrogens with zero attached hydrogens (tertiary/aromatic N) is 1. The molecule has 1 aromatic rings. The van der Waals surface area contributed by atoms with Gasteiger partial charge in [0, 0.05) is 13.1 Å². The Labute approximate surface area is 138 Å². The van der Waals surface area contributed by atoms with Gasteiger partial charge in [-0.25, -0.2) is 0 Å². The Balaban J connectivity index is 1.55. The van der Waals surface area contributed by atoms with Crippen LogP contribution < -0.4 is 9.47 Å². The fraction of sp³-hybridized carbons (Fsp3) is 0.667. The van der Waals surface area contributed by atoms with Crippen molar-refractivity contribution in [1.82, 2.24) is 4.90 Å². The van der Waals surface area contributed by atoms with Crippen LogP contribution in [-0.4, -0.2) is 56.3 Å². The molecule has 23 heavy (non-hydrogen) atoms. The number of benzene rings is 1. The lowest BCUT2D eigenvalue weighted by Crippen LogP contribution is -2.44. The lowest BCUT2D eigenvalue weighted by Gasteiger charge is -2.40. The van der Waals surface area contributed by atoms with Gasteiger partial charge in [-0.2, -0.15) is 0 Å². The van der Waals surface area contributed by atoms with Gasteiger partial charge in [0.1, 0.15) is 0 Å². The Kier molecular flexibility index (Phi) is 5.41. The second kappa shape index (κ2) is 7.51. The Hall–Kier alpha value is -1.30. The van der Waals surface area contributed by atoms with Crippen LogP contribution in [0.5, 0.6) is 11.5 Å². The molecule has 2 heterocycles. The Morgan fingerprint density at radius 2 is 2.13 bits per heavy atom. The maximum Gasteiger partial charge on any atom is 0.231 e. The highest BCUT2D eigenvalue weighted by Crippen LogP contribution is 2.37. The van der Waals surface area contributed by atoms with Crippen molar-refractivity contribution in [2.75, 3.05) is 46.2 Å². The van der Waals surface area contributed by atoms with E-state index >= 15 is 0 Å². The van der Waals surface area contributed by atoms with Gasteiger partial charge >= 0.3 is 0 Å². The Morgan fingerprint density at radius 1 is 1.26 bits per heavy atom. The molecular formula is C18H27NO4. The lowest BCUT2D eigenvalue weighted by atomic mass is 9.77. The fourth-order valence-electron chi connectivity index (χ4n) is 3.67. The monoisotopic (exact) mass is 321 g/mol. The fourth-order valence-corrected chi connectivity index (χ4v) is 3.67. The second-order valence-electron chi connectivity index (χ2n) is 6.89. The number of aliphatic hydroxyl groups excluding tert-OH is 1. The predicted octanol–water partition coefficient (Wildman–Crippen LogP) is 2.07.